The maximum Gasteiger partial charge on any atom is 0.321 e. The first-order valence-electron chi connectivity index (χ1n) is 5.72. The first kappa shape index (κ1) is 13.0. The molecule has 0 spiro atoms. The van der Waals surface area contributed by atoms with Crippen molar-refractivity contribution >= 4 is 16.0 Å². The van der Waals surface area contributed by atoms with Gasteiger partial charge >= 0.3 is 5.97 Å². The second-order valence-electron chi connectivity index (χ2n) is 4.02. The highest BCUT2D eigenvalue weighted by atomic mass is 32.2. The fraction of sp³-hybridized carbons (Fsp3) is 0.600. The lowest BCUT2D eigenvalue weighted by atomic mass is 10.6. The Hall–Kier alpha value is -1.41. The molecule has 8 heteroatoms. The Balaban J connectivity index is 2.18. The summed E-state index contributed by atoms with van der Waals surface area (Å²) in [4.78, 5) is 11.5. The van der Waals surface area contributed by atoms with Gasteiger partial charge in [-0.1, -0.05) is 0 Å². The van der Waals surface area contributed by atoms with Gasteiger partial charge < -0.3 is 4.74 Å². The highest BCUT2D eigenvalue weighted by molar-refractivity contribution is 7.89. The van der Waals surface area contributed by atoms with Crippen LogP contribution in [0.4, 0.5) is 0 Å². The third-order valence-electron chi connectivity index (χ3n) is 2.62. The molecule has 0 amide bonds. The van der Waals surface area contributed by atoms with Crippen molar-refractivity contribution in [1.29, 1.82) is 0 Å². The zero-order chi connectivity index (χ0) is 13.2. The molecule has 1 aromatic heterocycles. The lowest BCUT2D eigenvalue weighted by Crippen LogP contribution is -2.38. The fourth-order valence-corrected chi connectivity index (χ4v) is 3.16. The minimum absolute atomic E-state index is 0.0682. The number of aromatic nitrogens is 2. The van der Waals surface area contributed by atoms with E-state index in [1.807, 2.05) is 0 Å². The SMILES string of the molecule is CCOC(=O)CN(C1CC1)S(=O)(=O)c1cn[nH]c1. The Bertz CT molecular complexity index is 507. The van der Waals surface area contributed by atoms with Crippen molar-refractivity contribution in [3.05, 3.63) is 12.4 Å². The molecule has 0 saturated heterocycles. The number of nitrogens with one attached hydrogen (secondary N) is 1. The van der Waals surface area contributed by atoms with Crippen molar-refractivity contribution in [2.45, 2.75) is 30.7 Å². The van der Waals surface area contributed by atoms with E-state index in [-0.39, 0.29) is 24.1 Å². The number of esters is 1. The van der Waals surface area contributed by atoms with Gasteiger partial charge in [-0.2, -0.15) is 9.40 Å². The second-order valence-corrected chi connectivity index (χ2v) is 5.91. The summed E-state index contributed by atoms with van der Waals surface area (Å²) >= 11 is 0. The number of aromatic amines is 1. The van der Waals surface area contributed by atoms with Crippen LogP contribution in [0.1, 0.15) is 19.8 Å². The molecule has 0 atom stereocenters. The van der Waals surface area contributed by atoms with E-state index in [1.54, 1.807) is 6.92 Å². The van der Waals surface area contributed by atoms with Gasteiger partial charge in [-0.05, 0) is 19.8 Å². The maximum absolute atomic E-state index is 12.3. The van der Waals surface area contributed by atoms with Crippen LogP contribution in [0.5, 0.6) is 0 Å². The van der Waals surface area contributed by atoms with E-state index >= 15 is 0 Å². The van der Waals surface area contributed by atoms with E-state index < -0.39 is 16.0 Å². The number of nitrogens with zero attached hydrogens (tertiary/aromatic N) is 2. The average molecular weight is 273 g/mol. The summed E-state index contributed by atoms with van der Waals surface area (Å²) in [6, 6.07) is -0.102. The first-order valence-corrected chi connectivity index (χ1v) is 7.16. The number of hydrogen-bond acceptors (Lipinski definition) is 5. The molecule has 100 valence electrons. The van der Waals surface area contributed by atoms with Crippen molar-refractivity contribution < 1.29 is 17.9 Å². The standard InChI is InChI=1S/C10H15N3O4S/c1-2-17-10(14)7-13(8-3-4-8)18(15,16)9-5-11-12-6-9/h5-6,8H,2-4,7H2,1H3,(H,11,12). The van der Waals surface area contributed by atoms with Crippen LogP contribution in [0.3, 0.4) is 0 Å². The minimum atomic E-state index is -3.67. The van der Waals surface area contributed by atoms with Gasteiger partial charge in [0.2, 0.25) is 10.0 Å². The van der Waals surface area contributed by atoms with E-state index in [4.69, 9.17) is 4.74 Å². The topological polar surface area (TPSA) is 92.4 Å². The summed E-state index contributed by atoms with van der Waals surface area (Å²) in [6.45, 7) is 1.68. The van der Waals surface area contributed by atoms with E-state index in [0.29, 0.717) is 0 Å². The highest BCUT2D eigenvalue weighted by Crippen LogP contribution is 2.31. The van der Waals surface area contributed by atoms with Crippen LogP contribution < -0.4 is 0 Å². The third-order valence-corrected chi connectivity index (χ3v) is 4.49. The van der Waals surface area contributed by atoms with E-state index in [1.165, 1.54) is 16.7 Å². The number of rotatable bonds is 6. The van der Waals surface area contributed by atoms with Gasteiger partial charge in [0.05, 0.1) is 12.8 Å². The van der Waals surface area contributed by atoms with Crippen LogP contribution in [0.15, 0.2) is 17.3 Å². The van der Waals surface area contributed by atoms with Crippen LogP contribution >= 0.6 is 0 Å². The van der Waals surface area contributed by atoms with E-state index in [0.717, 1.165) is 12.8 Å². The molecule has 0 aliphatic heterocycles. The molecule has 2 rings (SSSR count). The monoisotopic (exact) mass is 273 g/mol. The van der Waals surface area contributed by atoms with Crippen LogP contribution in [-0.4, -0.2) is 48.1 Å². The largest absolute Gasteiger partial charge is 0.465 e. The van der Waals surface area contributed by atoms with Crippen LogP contribution in [0.25, 0.3) is 0 Å². The molecule has 1 heterocycles. The summed E-state index contributed by atoms with van der Waals surface area (Å²) in [5.74, 6) is -0.531. The maximum atomic E-state index is 12.3. The van der Waals surface area contributed by atoms with Crippen molar-refractivity contribution in [2.24, 2.45) is 0 Å². The summed E-state index contributed by atoms with van der Waals surface area (Å²) in [5.41, 5.74) is 0. The number of sulfonamides is 1. The zero-order valence-electron chi connectivity index (χ0n) is 10.00. The van der Waals surface area contributed by atoms with Crippen molar-refractivity contribution in [1.82, 2.24) is 14.5 Å². The molecule has 1 N–H and O–H groups in total. The van der Waals surface area contributed by atoms with E-state index in [9.17, 15) is 13.2 Å². The number of hydrogen-bond donors (Lipinski definition) is 1. The van der Waals surface area contributed by atoms with Crippen molar-refractivity contribution in [3.8, 4) is 0 Å². The highest BCUT2D eigenvalue weighted by Gasteiger charge is 2.39. The molecule has 0 bridgehead atoms. The lowest BCUT2D eigenvalue weighted by molar-refractivity contribution is -0.143. The predicted molar refractivity (Wildman–Crippen MR) is 62.1 cm³/mol. The van der Waals surface area contributed by atoms with E-state index in [2.05, 4.69) is 10.2 Å². The van der Waals surface area contributed by atoms with Crippen LogP contribution in [-0.2, 0) is 19.6 Å². The molecule has 1 aromatic rings. The molecule has 0 radical (unpaired) electrons. The van der Waals surface area contributed by atoms with Crippen molar-refractivity contribution in [3.63, 3.8) is 0 Å². The Morgan fingerprint density at radius 1 is 1.61 bits per heavy atom. The first-order chi connectivity index (χ1) is 8.55. The molecular weight excluding hydrogens is 258 g/mol. The van der Waals surface area contributed by atoms with Gasteiger partial charge in [-0.25, -0.2) is 8.42 Å². The Kier molecular flexibility index (Phi) is 3.67. The third kappa shape index (κ3) is 2.70. The van der Waals surface area contributed by atoms with Gasteiger partial charge in [0.1, 0.15) is 11.4 Å². The summed E-state index contributed by atoms with van der Waals surface area (Å²) in [5, 5.41) is 6.08. The number of ether oxygens (including phenoxy) is 1. The summed E-state index contributed by atoms with van der Waals surface area (Å²) in [6.07, 6.45) is 4.08. The number of carbonyl (C=O) groups excluding carboxylic acids is 1. The normalized spacial score (nSPS) is 15.9. The molecule has 7 nitrogen and oxygen atoms in total. The smallest absolute Gasteiger partial charge is 0.321 e. The number of H-pyrrole nitrogens is 1. The van der Waals surface area contributed by atoms with Gasteiger partial charge in [-0.3, -0.25) is 9.89 Å². The van der Waals surface area contributed by atoms with Gasteiger partial charge in [0.25, 0.3) is 0 Å². The van der Waals surface area contributed by atoms with Gasteiger partial charge in [-0.15, -0.1) is 0 Å². The Labute approximate surface area is 105 Å². The zero-order valence-corrected chi connectivity index (χ0v) is 10.8. The Morgan fingerprint density at radius 3 is 2.83 bits per heavy atom. The molecule has 1 saturated carbocycles. The quantitative estimate of drug-likeness (QED) is 0.743. The second kappa shape index (κ2) is 5.07. The summed E-state index contributed by atoms with van der Waals surface area (Å²) in [7, 11) is -3.67. The van der Waals surface area contributed by atoms with Gasteiger partial charge in [0, 0.05) is 12.2 Å². The predicted octanol–water partition coefficient (Wildman–Crippen LogP) is 0.126. The molecule has 1 aliphatic carbocycles. The molecular formula is C10H15N3O4S. The molecule has 18 heavy (non-hydrogen) atoms. The minimum Gasteiger partial charge on any atom is -0.465 e. The molecule has 0 aromatic carbocycles. The lowest BCUT2D eigenvalue weighted by Gasteiger charge is -2.19. The Morgan fingerprint density at radius 2 is 2.33 bits per heavy atom. The van der Waals surface area contributed by atoms with Crippen molar-refractivity contribution in [2.75, 3.05) is 13.2 Å². The molecule has 1 fully saturated rings. The molecule has 0 unspecified atom stereocenters. The fourth-order valence-electron chi connectivity index (χ4n) is 1.62. The number of carbonyl (C=O) groups is 1. The summed E-state index contributed by atoms with van der Waals surface area (Å²) < 4.78 is 30.5. The molecule has 1 aliphatic rings. The van der Waals surface area contributed by atoms with Crippen LogP contribution in [0, 0.1) is 0 Å². The van der Waals surface area contributed by atoms with Crippen LogP contribution in [0.2, 0.25) is 0 Å². The average Bonchev–Trinajstić information content (AvgIpc) is 2.98. The van der Waals surface area contributed by atoms with Gasteiger partial charge in [0.15, 0.2) is 0 Å².